The van der Waals surface area contributed by atoms with E-state index in [0.717, 1.165) is 57.3 Å². The Balaban J connectivity index is 1.33. The maximum atomic E-state index is 11.5. The lowest BCUT2D eigenvalue weighted by atomic mass is 10.0. The molecule has 0 spiro atoms. The Bertz CT molecular complexity index is 1840. The van der Waals surface area contributed by atoms with Crippen molar-refractivity contribution >= 4 is 40.4 Å². The molecule has 0 aliphatic carbocycles. The Morgan fingerprint density at radius 3 is 1.39 bits per heavy atom. The Hall–Kier alpha value is -5.81. The van der Waals surface area contributed by atoms with Gasteiger partial charge in [-0.3, -0.25) is 4.79 Å². The van der Waals surface area contributed by atoms with E-state index in [1.54, 1.807) is 20.3 Å². The van der Waals surface area contributed by atoms with Crippen LogP contribution in [-0.4, -0.2) is 20.5 Å². The van der Waals surface area contributed by atoms with Crippen LogP contribution in [0.15, 0.2) is 152 Å². The van der Waals surface area contributed by atoms with E-state index in [1.165, 1.54) is 0 Å². The molecule has 5 nitrogen and oxygen atoms in total. The average molecular weight is 577 g/mol. The lowest BCUT2D eigenvalue weighted by Gasteiger charge is -2.26. The highest BCUT2D eigenvalue weighted by Crippen LogP contribution is 2.39. The van der Waals surface area contributed by atoms with Gasteiger partial charge in [0.1, 0.15) is 11.5 Å². The molecule has 6 rings (SSSR count). The van der Waals surface area contributed by atoms with Gasteiger partial charge in [0.15, 0.2) is 6.29 Å². The molecule has 0 amide bonds. The van der Waals surface area contributed by atoms with Crippen molar-refractivity contribution in [1.29, 1.82) is 0 Å². The van der Waals surface area contributed by atoms with Gasteiger partial charge in [-0.25, -0.2) is 0 Å². The van der Waals surface area contributed by atoms with E-state index in [2.05, 4.69) is 88.7 Å². The SMILES string of the molecule is COc1cccc(N(c2ccccc2)c2ccc(-c3ccc(N(c4ccccc4)c4ccc(C=O)c(OC)c4)cc3)cc2)c1. The molecular weight excluding hydrogens is 544 g/mol. The van der Waals surface area contributed by atoms with Crippen molar-refractivity contribution in [3.63, 3.8) is 0 Å². The molecule has 0 saturated heterocycles. The van der Waals surface area contributed by atoms with Crippen LogP contribution >= 0.6 is 0 Å². The molecular formula is C39H32N2O3. The van der Waals surface area contributed by atoms with Crippen LogP contribution in [0.25, 0.3) is 11.1 Å². The highest BCUT2D eigenvalue weighted by molar-refractivity contribution is 5.85. The highest BCUT2D eigenvalue weighted by Gasteiger charge is 2.16. The van der Waals surface area contributed by atoms with Crippen LogP contribution in [0.4, 0.5) is 34.1 Å². The van der Waals surface area contributed by atoms with Crippen molar-refractivity contribution in [2.24, 2.45) is 0 Å². The normalized spacial score (nSPS) is 10.6. The number of hydrogen-bond donors (Lipinski definition) is 0. The predicted molar refractivity (Wildman–Crippen MR) is 180 cm³/mol. The van der Waals surface area contributed by atoms with Gasteiger partial charge in [-0.05, 0) is 83.9 Å². The number of carbonyl (C=O) groups excluding carboxylic acids is 1. The number of methoxy groups -OCH3 is 2. The van der Waals surface area contributed by atoms with Crippen LogP contribution < -0.4 is 19.3 Å². The first-order chi connectivity index (χ1) is 21.7. The summed E-state index contributed by atoms with van der Waals surface area (Å²) < 4.78 is 11.0. The van der Waals surface area contributed by atoms with Crippen LogP contribution in [-0.2, 0) is 0 Å². The van der Waals surface area contributed by atoms with E-state index in [1.807, 2.05) is 66.7 Å². The monoisotopic (exact) mass is 576 g/mol. The third-order valence-electron chi connectivity index (χ3n) is 7.53. The summed E-state index contributed by atoms with van der Waals surface area (Å²) in [7, 11) is 3.26. The zero-order valence-corrected chi connectivity index (χ0v) is 24.6. The molecule has 5 heteroatoms. The van der Waals surface area contributed by atoms with Crippen molar-refractivity contribution < 1.29 is 14.3 Å². The lowest BCUT2D eigenvalue weighted by molar-refractivity contribution is 0.112. The van der Waals surface area contributed by atoms with Gasteiger partial charge in [0.05, 0.1) is 19.8 Å². The summed E-state index contributed by atoms with van der Waals surface area (Å²) in [6.07, 6.45) is 0.811. The Kier molecular flexibility index (Phi) is 8.37. The lowest BCUT2D eigenvalue weighted by Crippen LogP contribution is -2.10. The van der Waals surface area contributed by atoms with E-state index in [9.17, 15) is 4.79 Å². The van der Waals surface area contributed by atoms with Crippen molar-refractivity contribution in [1.82, 2.24) is 0 Å². The Morgan fingerprint density at radius 2 is 0.909 bits per heavy atom. The van der Waals surface area contributed by atoms with Crippen LogP contribution in [0.5, 0.6) is 11.5 Å². The summed E-state index contributed by atoms with van der Waals surface area (Å²) in [5, 5.41) is 0. The first-order valence-electron chi connectivity index (χ1n) is 14.4. The van der Waals surface area contributed by atoms with Gasteiger partial charge in [-0.1, -0.05) is 66.7 Å². The van der Waals surface area contributed by atoms with E-state index in [0.29, 0.717) is 11.3 Å². The van der Waals surface area contributed by atoms with Crippen molar-refractivity contribution in [2.75, 3.05) is 24.0 Å². The topological polar surface area (TPSA) is 42.0 Å². The third kappa shape index (κ3) is 5.90. The average Bonchev–Trinajstić information content (AvgIpc) is 3.10. The number of para-hydroxylation sites is 2. The van der Waals surface area contributed by atoms with E-state index in [-0.39, 0.29) is 0 Å². The number of hydrogen-bond acceptors (Lipinski definition) is 5. The molecule has 6 aromatic carbocycles. The zero-order chi connectivity index (χ0) is 30.3. The van der Waals surface area contributed by atoms with Crippen LogP contribution in [0, 0.1) is 0 Å². The molecule has 0 bridgehead atoms. The number of ether oxygens (including phenoxy) is 2. The second kappa shape index (κ2) is 13.0. The molecule has 0 aromatic heterocycles. The summed E-state index contributed by atoms with van der Waals surface area (Å²) in [4.78, 5) is 15.9. The Labute approximate surface area is 258 Å². The molecule has 0 radical (unpaired) electrons. The number of anilines is 6. The van der Waals surface area contributed by atoms with Crippen LogP contribution in [0.3, 0.4) is 0 Å². The van der Waals surface area contributed by atoms with Crippen LogP contribution in [0.1, 0.15) is 10.4 Å². The van der Waals surface area contributed by atoms with Gasteiger partial charge in [0.2, 0.25) is 0 Å². The number of benzene rings is 6. The summed E-state index contributed by atoms with van der Waals surface area (Å²) in [5.41, 5.74) is 8.76. The third-order valence-corrected chi connectivity index (χ3v) is 7.53. The molecule has 0 aliphatic heterocycles. The van der Waals surface area contributed by atoms with Gasteiger partial charge in [-0.2, -0.15) is 0 Å². The minimum atomic E-state index is 0.514. The fraction of sp³-hybridized carbons (Fsp3) is 0.0513. The number of aldehydes is 1. The van der Waals surface area contributed by atoms with E-state index in [4.69, 9.17) is 9.47 Å². The van der Waals surface area contributed by atoms with Gasteiger partial charge >= 0.3 is 0 Å². The first-order valence-corrected chi connectivity index (χ1v) is 14.4. The summed E-state index contributed by atoms with van der Waals surface area (Å²) in [5.74, 6) is 1.34. The summed E-state index contributed by atoms with van der Waals surface area (Å²) in [6, 6.07) is 51.3. The van der Waals surface area contributed by atoms with Crippen molar-refractivity contribution in [2.45, 2.75) is 0 Å². The van der Waals surface area contributed by atoms with E-state index < -0.39 is 0 Å². The minimum Gasteiger partial charge on any atom is -0.497 e. The van der Waals surface area contributed by atoms with Gasteiger partial charge in [-0.15, -0.1) is 0 Å². The molecule has 0 heterocycles. The smallest absolute Gasteiger partial charge is 0.153 e. The second-order valence-corrected chi connectivity index (χ2v) is 10.2. The number of rotatable bonds is 10. The largest absolute Gasteiger partial charge is 0.497 e. The van der Waals surface area contributed by atoms with Crippen molar-refractivity contribution in [3.05, 3.63) is 157 Å². The van der Waals surface area contributed by atoms with E-state index >= 15 is 0 Å². The van der Waals surface area contributed by atoms with Gasteiger partial charge in [0, 0.05) is 46.3 Å². The molecule has 216 valence electrons. The molecule has 0 aliphatic rings. The standard InChI is InChI=1S/C39H32N2O3/c1-43-38-15-9-14-36(26-38)40(32-10-5-3-6-11-32)34-21-16-29(17-22-34)30-18-23-35(24-19-30)41(33-12-7-4-8-13-33)37-25-20-31(28-42)39(27-37)44-2/h3-28H,1-2H3. The second-order valence-electron chi connectivity index (χ2n) is 10.2. The maximum Gasteiger partial charge on any atom is 0.153 e. The highest BCUT2D eigenvalue weighted by atomic mass is 16.5. The molecule has 0 fully saturated rings. The summed E-state index contributed by atoms with van der Waals surface area (Å²) in [6.45, 7) is 0. The predicted octanol–water partition coefficient (Wildman–Crippen LogP) is 10.1. The first kappa shape index (κ1) is 28.3. The quantitative estimate of drug-likeness (QED) is 0.152. The molecule has 0 unspecified atom stereocenters. The molecule has 44 heavy (non-hydrogen) atoms. The summed E-state index contributed by atoms with van der Waals surface area (Å²) >= 11 is 0. The minimum absolute atomic E-state index is 0.514. The van der Waals surface area contributed by atoms with Gasteiger partial charge in [0.25, 0.3) is 0 Å². The maximum absolute atomic E-state index is 11.5. The number of nitrogens with zero attached hydrogens (tertiary/aromatic N) is 2. The molecule has 0 N–H and O–H groups in total. The molecule has 0 saturated carbocycles. The fourth-order valence-corrected chi connectivity index (χ4v) is 5.34. The van der Waals surface area contributed by atoms with Gasteiger partial charge < -0.3 is 19.3 Å². The Morgan fingerprint density at radius 1 is 0.455 bits per heavy atom. The fourth-order valence-electron chi connectivity index (χ4n) is 5.34. The molecule has 6 aromatic rings. The van der Waals surface area contributed by atoms with Crippen LogP contribution in [0.2, 0.25) is 0 Å². The number of carbonyl (C=O) groups is 1. The van der Waals surface area contributed by atoms with Crippen molar-refractivity contribution in [3.8, 4) is 22.6 Å². The zero-order valence-electron chi connectivity index (χ0n) is 24.6. The molecule has 0 atom stereocenters.